The maximum absolute atomic E-state index is 12.6. The molecule has 1 aromatic heterocycles. The second kappa shape index (κ2) is 11.6. The Labute approximate surface area is 218 Å². The molecule has 1 amide bonds. The summed E-state index contributed by atoms with van der Waals surface area (Å²) in [5.41, 5.74) is 10.6. The van der Waals surface area contributed by atoms with Crippen molar-refractivity contribution >= 4 is 23.2 Å². The van der Waals surface area contributed by atoms with Crippen molar-refractivity contribution < 1.29 is 14.3 Å². The first kappa shape index (κ1) is 25.0. The summed E-state index contributed by atoms with van der Waals surface area (Å²) in [6.45, 7) is 4.45. The summed E-state index contributed by atoms with van der Waals surface area (Å²) in [6, 6.07) is 13.1. The van der Waals surface area contributed by atoms with Gasteiger partial charge < -0.3 is 25.8 Å². The molecule has 3 aliphatic rings. The minimum atomic E-state index is -0.144. The van der Waals surface area contributed by atoms with Gasteiger partial charge in [-0.1, -0.05) is 19.8 Å². The molecule has 0 spiro atoms. The van der Waals surface area contributed by atoms with Crippen LogP contribution in [0.25, 0.3) is 11.3 Å². The largest absolute Gasteiger partial charge is 0.493 e. The summed E-state index contributed by atoms with van der Waals surface area (Å²) in [6.07, 6.45) is 7.56. The SMILES string of the molecule is CC1CCNC(=O)c2ccc(c(N)c2)-c2ccnc(n2)Nc2ccc(OCC3CCCC3)c(c2)COC1. The molecule has 194 valence electrons. The Morgan fingerprint density at radius 3 is 2.81 bits per heavy atom. The Balaban J connectivity index is 1.43. The second-order valence-electron chi connectivity index (χ2n) is 10.1. The van der Waals surface area contributed by atoms with Gasteiger partial charge in [-0.25, -0.2) is 9.97 Å². The third-order valence-electron chi connectivity index (χ3n) is 7.09. The van der Waals surface area contributed by atoms with Gasteiger partial charge in [0.05, 0.1) is 18.9 Å². The van der Waals surface area contributed by atoms with Gasteiger partial charge in [0, 0.05) is 47.4 Å². The van der Waals surface area contributed by atoms with Crippen molar-refractivity contribution in [2.45, 2.75) is 45.6 Å². The summed E-state index contributed by atoms with van der Waals surface area (Å²) in [5.74, 6) is 2.08. The van der Waals surface area contributed by atoms with Crippen LogP contribution in [0.5, 0.6) is 5.75 Å². The van der Waals surface area contributed by atoms with E-state index in [0.29, 0.717) is 48.6 Å². The minimum absolute atomic E-state index is 0.144. The molecular weight excluding hydrogens is 466 g/mol. The number of nitrogens with two attached hydrogens (primary N) is 1. The van der Waals surface area contributed by atoms with Gasteiger partial charge in [0.1, 0.15) is 5.75 Å². The molecule has 37 heavy (non-hydrogen) atoms. The van der Waals surface area contributed by atoms with Crippen LogP contribution < -0.4 is 21.1 Å². The number of anilines is 3. The Bertz CT molecular complexity index is 1240. The maximum Gasteiger partial charge on any atom is 0.251 e. The summed E-state index contributed by atoms with van der Waals surface area (Å²) in [4.78, 5) is 21.7. The fourth-order valence-electron chi connectivity index (χ4n) is 4.92. The summed E-state index contributed by atoms with van der Waals surface area (Å²) >= 11 is 0. The first-order chi connectivity index (χ1) is 18.0. The number of benzene rings is 2. The highest BCUT2D eigenvalue weighted by Gasteiger charge is 2.17. The van der Waals surface area contributed by atoms with E-state index in [1.165, 1.54) is 25.7 Å². The summed E-state index contributed by atoms with van der Waals surface area (Å²) in [5, 5.41) is 6.30. The van der Waals surface area contributed by atoms with E-state index in [1.54, 1.807) is 24.4 Å². The average Bonchev–Trinajstić information content (AvgIpc) is 3.41. The number of nitrogens with one attached hydrogen (secondary N) is 2. The van der Waals surface area contributed by atoms with E-state index in [9.17, 15) is 4.79 Å². The number of carbonyl (C=O) groups is 1. The smallest absolute Gasteiger partial charge is 0.251 e. The fourth-order valence-corrected chi connectivity index (χ4v) is 4.92. The third-order valence-corrected chi connectivity index (χ3v) is 7.09. The Hall–Kier alpha value is -3.65. The lowest BCUT2D eigenvalue weighted by Crippen LogP contribution is -2.26. The maximum atomic E-state index is 12.6. The van der Waals surface area contributed by atoms with E-state index >= 15 is 0 Å². The molecule has 2 aliphatic heterocycles. The first-order valence-electron chi connectivity index (χ1n) is 13.2. The zero-order valence-corrected chi connectivity index (χ0v) is 21.3. The van der Waals surface area contributed by atoms with Gasteiger partial charge in [-0.3, -0.25) is 4.79 Å². The number of hydrogen-bond donors (Lipinski definition) is 3. The van der Waals surface area contributed by atoms with Crippen molar-refractivity contribution in [3.8, 4) is 17.0 Å². The molecule has 3 heterocycles. The molecule has 1 unspecified atom stereocenters. The van der Waals surface area contributed by atoms with Crippen molar-refractivity contribution in [2.75, 3.05) is 30.8 Å². The molecular formula is C29H35N5O3. The molecule has 1 atom stereocenters. The van der Waals surface area contributed by atoms with Crippen molar-refractivity contribution in [1.29, 1.82) is 0 Å². The van der Waals surface area contributed by atoms with Crippen LogP contribution in [0.4, 0.5) is 17.3 Å². The standard InChI is InChI=1S/C29H35N5O3/c1-19-10-12-31-28(35)21-6-8-24(25(30)15-21)26-11-13-32-29(34-26)33-23-7-9-27(22(14-23)18-36-16-19)37-17-20-4-2-3-5-20/h6-9,11,13-15,19-20H,2-5,10,12,16-18,30H2,1H3,(H,31,35)(H,32,33,34). The summed E-state index contributed by atoms with van der Waals surface area (Å²) in [7, 11) is 0. The number of nitrogen functional groups attached to an aromatic ring is 1. The Morgan fingerprint density at radius 1 is 1.11 bits per heavy atom. The highest BCUT2D eigenvalue weighted by molar-refractivity contribution is 5.96. The van der Waals surface area contributed by atoms with Crippen LogP contribution in [-0.2, 0) is 11.3 Å². The van der Waals surface area contributed by atoms with Crippen LogP contribution >= 0.6 is 0 Å². The molecule has 1 aliphatic carbocycles. The van der Waals surface area contributed by atoms with E-state index in [-0.39, 0.29) is 11.8 Å². The first-order valence-corrected chi connectivity index (χ1v) is 13.2. The molecule has 2 aromatic carbocycles. The molecule has 3 aromatic rings. The highest BCUT2D eigenvalue weighted by atomic mass is 16.5. The van der Waals surface area contributed by atoms with E-state index < -0.39 is 0 Å². The van der Waals surface area contributed by atoms with Gasteiger partial charge in [0.15, 0.2) is 0 Å². The normalized spacial score (nSPS) is 18.8. The Morgan fingerprint density at radius 2 is 1.97 bits per heavy atom. The van der Waals surface area contributed by atoms with Gasteiger partial charge in [-0.2, -0.15) is 0 Å². The molecule has 0 radical (unpaired) electrons. The van der Waals surface area contributed by atoms with Gasteiger partial charge in [0.2, 0.25) is 5.95 Å². The van der Waals surface area contributed by atoms with Gasteiger partial charge in [-0.05, 0) is 73.6 Å². The van der Waals surface area contributed by atoms with Gasteiger partial charge >= 0.3 is 0 Å². The van der Waals surface area contributed by atoms with E-state index in [2.05, 4.69) is 27.5 Å². The van der Waals surface area contributed by atoms with E-state index in [4.69, 9.17) is 15.2 Å². The number of amides is 1. The number of ether oxygens (including phenoxy) is 2. The summed E-state index contributed by atoms with van der Waals surface area (Å²) < 4.78 is 12.4. The monoisotopic (exact) mass is 501 g/mol. The van der Waals surface area contributed by atoms with Crippen LogP contribution in [0.2, 0.25) is 0 Å². The van der Waals surface area contributed by atoms with E-state index in [0.717, 1.165) is 35.6 Å². The lowest BCUT2D eigenvalue weighted by molar-refractivity contribution is 0.0849. The second-order valence-corrected chi connectivity index (χ2v) is 10.1. The van der Waals surface area contributed by atoms with Crippen molar-refractivity contribution in [3.63, 3.8) is 0 Å². The Kier molecular flexibility index (Phi) is 7.84. The highest BCUT2D eigenvalue weighted by Crippen LogP contribution is 2.30. The van der Waals surface area contributed by atoms with Gasteiger partial charge in [-0.15, -0.1) is 0 Å². The quantitative estimate of drug-likeness (QED) is 0.416. The van der Waals surface area contributed by atoms with Crippen LogP contribution in [0.3, 0.4) is 0 Å². The third kappa shape index (κ3) is 6.38. The predicted octanol–water partition coefficient (Wildman–Crippen LogP) is 5.32. The zero-order chi connectivity index (χ0) is 25.6. The number of rotatable bonds is 3. The number of nitrogens with zero attached hydrogens (tertiary/aromatic N) is 2. The molecule has 4 N–H and O–H groups in total. The molecule has 1 fully saturated rings. The molecule has 8 nitrogen and oxygen atoms in total. The molecule has 6 bridgehead atoms. The van der Waals surface area contributed by atoms with Crippen molar-refractivity contribution in [3.05, 3.63) is 59.8 Å². The average molecular weight is 502 g/mol. The van der Waals surface area contributed by atoms with Crippen molar-refractivity contribution in [1.82, 2.24) is 15.3 Å². The van der Waals surface area contributed by atoms with E-state index in [1.807, 2.05) is 24.3 Å². The molecule has 1 saturated carbocycles. The predicted molar refractivity (Wildman–Crippen MR) is 145 cm³/mol. The fraction of sp³-hybridized carbons (Fsp3) is 0.414. The zero-order valence-electron chi connectivity index (χ0n) is 21.3. The number of hydrogen-bond acceptors (Lipinski definition) is 7. The van der Waals surface area contributed by atoms with Crippen LogP contribution in [0.1, 0.15) is 54.9 Å². The topological polar surface area (TPSA) is 111 Å². The number of carbonyl (C=O) groups excluding carboxylic acids is 1. The lowest BCUT2D eigenvalue weighted by Gasteiger charge is -2.17. The van der Waals surface area contributed by atoms with Crippen LogP contribution in [-0.4, -0.2) is 35.6 Å². The van der Waals surface area contributed by atoms with Crippen LogP contribution in [0, 0.1) is 11.8 Å². The van der Waals surface area contributed by atoms with Crippen LogP contribution in [0.15, 0.2) is 48.7 Å². The molecule has 8 heteroatoms. The minimum Gasteiger partial charge on any atom is -0.493 e. The molecule has 0 saturated heterocycles. The number of fused-ring (bicyclic) bond motifs is 9. The van der Waals surface area contributed by atoms with Gasteiger partial charge in [0.25, 0.3) is 5.91 Å². The van der Waals surface area contributed by atoms with Crippen molar-refractivity contribution in [2.24, 2.45) is 11.8 Å². The molecule has 6 rings (SSSR count). The lowest BCUT2D eigenvalue weighted by atomic mass is 10.1. The number of aromatic nitrogens is 2.